The number of aliphatic hydroxyl groups is 1. The molecule has 186 valence electrons. The van der Waals surface area contributed by atoms with E-state index in [1.807, 2.05) is 36.4 Å². The number of fused-ring (bicyclic) bond motifs is 3. The summed E-state index contributed by atoms with van der Waals surface area (Å²) in [6.45, 7) is 0.333. The molecule has 4 rings (SSSR count). The molecule has 35 heavy (non-hydrogen) atoms. The molecular weight excluding hydrogens is 450 g/mol. The topological polar surface area (TPSA) is 119 Å². The summed E-state index contributed by atoms with van der Waals surface area (Å²) in [5.74, 6) is -2.46. The number of carboxylic acid groups (broad SMARTS) is 1. The van der Waals surface area contributed by atoms with Gasteiger partial charge in [0.1, 0.15) is 12.6 Å². The molecule has 2 aliphatic rings. The third kappa shape index (κ3) is 5.47. The number of aliphatic hydroxyl groups excluding tert-OH is 1. The first-order chi connectivity index (χ1) is 16.7. The average molecular weight is 482 g/mol. The Morgan fingerprint density at radius 1 is 1.06 bits per heavy atom. The third-order valence-corrected chi connectivity index (χ3v) is 6.57. The number of carboxylic acids is 1. The Bertz CT molecular complexity index is 1060. The molecular formula is C26H31N3O6. The fraction of sp³-hybridized carbons (Fsp3) is 0.423. The number of hydrogen-bond acceptors (Lipinski definition) is 6. The molecule has 2 amide bonds. The number of alkyl carbamates (subject to hydrolysis) is 1. The average Bonchev–Trinajstić information content (AvgIpc) is 3.15. The zero-order valence-corrected chi connectivity index (χ0v) is 19.9. The number of carbonyl (C=O) groups excluding carboxylic acids is 2. The molecule has 0 saturated carbocycles. The summed E-state index contributed by atoms with van der Waals surface area (Å²) < 4.78 is 5.59. The molecule has 0 aromatic heterocycles. The summed E-state index contributed by atoms with van der Waals surface area (Å²) in [5, 5.41) is 22.1. The maximum atomic E-state index is 13.2. The number of nitrogens with zero attached hydrogens (tertiary/aromatic N) is 2. The number of hydrogen-bond donors (Lipinski definition) is 3. The van der Waals surface area contributed by atoms with Gasteiger partial charge in [0, 0.05) is 25.6 Å². The van der Waals surface area contributed by atoms with Gasteiger partial charge >= 0.3 is 12.1 Å². The van der Waals surface area contributed by atoms with Gasteiger partial charge < -0.3 is 30.1 Å². The summed E-state index contributed by atoms with van der Waals surface area (Å²) >= 11 is 0. The third-order valence-electron chi connectivity index (χ3n) is 6.57. The lowest BCUT2D eigenvalue weighted by molar-refractivity contribution is -0.149. The Morgan fingerprint density at radius 3 is 2.23 bits per heavy atom. The van der Waals surface area contributed by atoms with E-state index in [-0.39, 0.29) is 38.6 Å². The van der Waals surface area contributed by atoms with Crippen LogP contribution < -0.4 is 5.32 Å². The zero-order chi connectivity index (χ0) is 25.1. The first-order valence-electron chi connectivity index (χ1n) is 11.7. The van der Waals surface area contributed by atoms with Gasteiger partial charge in [0.2, 0.25) is 5.91 Å². The minimum atomic E-state index is -1.06. The van der Waals surface area contributed by atoms with E-state index in [9.17, 15) is 24.6 Å². The summed E-state index contributed by atoms with van der Waals surface area (Å²) in [4.78, 5) is 40.5. The monoisotopic (exact) mass is 481 g/mol. The molecule has 1 saturated heterocycles. The molecule has 9 nitrogen and oxygen atoms in total. The quantitative estimate of drug-likeness (QED) is 0.551. The van der Waals surface area contributed by atoms with Gasteiger partial charge in [-0.25, -0.2) is 4.79 Å². The van der Waals surface area contributed by atoms with Gasteiger partial charge in [0.15, 0.2) is 0 Å². The van der Waals surface area contributed by atoms with Gasteiger partial charge in [-0.15, -0.1) is 0 Å². The second kappa shape index (κ2) is 10.5. The Balaban J connectivity index is 1.43. The van der Waals surface area contributed by atoms with Crippen LogP contribution in [0.2, 0.25) is 0 Å². The number of likely N-dealkylation sites (tertiary alicyclic amines) is 1. The smallest absolute Gasteiger partial charge is 0.407 e. The Hall–Kier alpha value is -3.43. The van der Waals surface area contributed by atoms with Crippen molar-refractivity contribution in [2.24, 2.45) is 5.92 Å². The minimum absolute atomic E-state index is 0.0124. The van der Waals surface area contributed by atoms with E-state index in [4.69, 9.17) is 4.74 Å². The van der Waals surface area contributed by atoms with Crippen LogP contribution >= 0.6 is 0 Å². The molecule has 1 heterocycles. The Kier molecular flexibility index (Phi) is 7.37. The van der Waals surface area contributed by atoms with Gasteiger partial charge in [-0.2, -0.15) is 0 Å². The van der Waals surface area contributed by atoms with Crippen molar-refractivity contribution in [1.82, 2.24) is 15.1 Å². The van der Waals surface area contributed by atoms with Gasteiger partial charge in [-0.3, -0.25) is 9.59 Å². The van der Waals surface area contributed by atoms with E-state index < -0.39 is 36.0 Å². The first kappa shape index (κ1) is 24.7. The van der Waals surface area contributed by atoms with Crippen molar-refractivity contribution in [1.29, 1.82) is 0 Å². The second-order valence-corrected chi connectivity index (χ2v) is 9.45. The minimum Gasteiger partial charge on any atom is -0.481 e. The molecule has 0 bridgehead atoms. The van der Waals surface area contributed by atoms with Crippen molar-refractivity contribution < 1.29 is 29.3 Å². The summed E-state index contributed by atoms with van der Waals surface area (Å²) in [7, 11) is 3.54. The maximum absolute atomic E-state index is 13.2. The number of nitrogens with one attached hydrogen (secondary N) is 1. The molecule has 1 aliphatic carbocycles. The summed E-state index contributed by atoms with van der Waals surface area (Å²) in [6.07, 6.45) is -1.56. The molecule has 3 N–H and O–H groups in total. The second-order valence-electron chi connectivity index (χ2n) is 9.45. The number of piperidine rings is 1. The maximum Gasteiger partial charge on any atom is 0.407 e. The number of carbonyl (C=O) groups is 3. The molecule has 2 aromatic carbocycles. The molecule has 3 atom stereocenters. The van der Waals surface area contributed by atoms with Crippen molar-refractivity contribution >= 4 is 18.0 Å². The standard InChI is InChI=1S/C26H31N3O6/c1-28(2)14-23(24(31)29-12-16(25(32)33)11-17(30)13-29)27-26(34)35-15-22-20-9-5-3-7-18(20)19-8-4-6-10-21(19)22/h3-10,16-17,22-23,30H,11-15H2,1-2H3,(H,27,34)(H,32,33). The van der Waals surface area contributed by atoms with Crippen molar-refractivity contribution in [3.63, 3.8) is 0 Å². The highest BCUT2D eigenvalue weighted by atomic mass is 16.5. The van der Waals surface area contributed by atoms with Crippen LogP contribution in [0.25, 0.3) is 11.1 Å². The summed E-state index contributed by atoms with van der Waals surface area (Å²) in [5.41, 5.74) is 4.41. The highest BCUT2D eigenvalue weighted by molar-refractivity contribution is 5.87. The fourth-order valence-electron chi connectivity index (χ4n) is 4.98. The molecule has 0 radical (unpaired) electrons. The van der Waals surface area contributed by atoms with Gasteiger partial charge in [-0.05, 0) is 42.8 Å². The number of benzene rings is 2. The molecule has 9 heteroatoms. The largest absolute Gasteiger partial charge is 0.481 e. The molecule has 1 aliphatic heterocycles. The number of rotatable bonds is 7. The van der Waals surface area contributed by atoms with Crippen LogP contribution in [0, 0.1) is 5.92 Å². The number of aliphatic carboxylic acids is 1. The van der Waals surface area contributed by atoms with Crippen LogP contribution in [0.15, 0.2) is 48.5 Å². The Morgan fingerprint density at radius 2 is 1.66 bits per heavy atom. The van der Waals surface area contributed by atoms with Crippen LogP contribution in [0.1, 0.15) is 23.5 Å². The van der Waals surface area contributed by atoms with E-state index in [0.717, 1.165) is 22.3 Å². The highest BCUT2D eigenvalue weighted by Gasteiger charge is 2.36. The predicted octanol–water partition coefficient (Wildman–Crippen LogP) is 1.75. The number of amides is 2. The van der Waals surface area contributed by atoms with Crippen LogP contribution in [0.5, 0.6) is 0 Å². The van der Waals surface area contributed by atoms with E-state index in [1.54, 1.807) is 19.0 Å². The molecule has 1 fully saturated rings. The van der Waals surface area contributed by atoms with Crippen molar-refractivity contribution in [3.05, 3.63) is 59.7 Å². The molecule has 0 spiro atoms. The van der Waals surface area contributed by atoms with Crippen LogP contribution in [-0.2, 0) is 14.3 Å². The van der Waals surface area contributed by atoms with Crippen LogP contribution in [0.4, 0.5) is 4.79 Å². The molecule has 3 unspecified atom stereocenters. The number of β-amino-alcohol motifs (C(OH)–C–C–N with tert-alkyl or cyclic N) is 1. The van der Waals surface area contributed by atoms with E-state index in [0.29, 0.717) is 0 Å². The van der Waals surface area contributed by atoms with E-state index >= 15 is 0 Å². The number of likely N-dealkylation sites (N-methyl/N-ethyl adjacent to an activating group) is 1. The van der Waals surface area contributed by atoms with Gasteiger partial charge in [-0.1, -0.05) is 48.5 Å². The zero-order valence-electron chi connectivity index (χ0n) is 19.9. The van der Waals surface area contributed by atoms with Crippen LogP contribution in [-0.4, -0.2) is 90.5 Å². The van der Waals surface area contributed by atoms with Gasteiger partial charge in [0.25, 0.3) is 0 Å². The van der Waals surface area contributed by atoms with E-state index in [2.05, 4.69) is 17.4 Å². The predicted molar refractivity (Wildman–Crippen MR) is 129 cm³/mol. The van der Waals surface area contributed by atoms with Gasteiger partial charge in [0.05, 0.1) is 12.0 Å². The SMILES string of the molecule is CN(C)CC(NC(=O)OCC1c2ccccc2-c2ccccc21)C(=O)N1CC(O)CC(C(=O)O)C1. The summed E-state index contributed by atoms with van der Waals surface area (Å²) in [6, 6.07) is 15.1. The first-order valence-corrected chi connectivity index (χ1v) is 11.7. The van der Waals surface area contributed by atoms with Crippen molar-refractivity contribution in [2.75, 3.05) is 40.3 Å². The normalized spacial score (nSPS) is 20.2. The van der Waals surface area contributed by atoms with Crippen molar-refractivity contribution in [3.8, 4) is 11.1 Å². The Labute approximate surface area is 204 Å². The van der Waals surface area contributed by atoms with E-state index in [1.165, 1.54) is 4.90 Å². The lowest BCUT2D eigenvalue weighted by Crippen LogP contribution is -2.57. The van der Waals surface area contributed by atoms with Crippen LogP contribution in [0.3, 0.4) is 0 Å². The van der Waals surface area contributed by atoms with Crippen molar-refractivity contribution in [2.45, 2.75) is 24.5 Å². The molecule has 2 aromatic rings. The number of ether oxygens (including phenoxy) is 1. The highest BCUT2D eigenvalue weighted by Crippen LogP contribution is 2.44. The fourth-order valence-corrected chi connectivity index (χ4v) is 4.98. The lowest BCUT2D eigenvalue weighted by atomic mass is 9.95. The lowest BCUT2D eigenvalue weighted by Gasteiger charge is -2.36.